The average Bonchev–Trinajstić information content (AvgIpc) is 2.91. The Bertz CT molecular complexity index is 801. The van der Waals surface area contributed by atoms with Gasteiger partial charge in [0.2, 0.25) is 0 Å². The summed E-state index contributed by atoms with van der Waals surface area (Å²) < 4.78 is 0.604. The Morgan fingerprint density at radius 2 is 1.95 bits per heavy atom. The van der Waals surface area contributed by atoms with E-state index in [2.05, 4.69) is 4.98 Å². The van der Waals surface area contributed by atoms with Crippen LogP contribution in [0.5, 0.6) is 5.75 Å². The normalized spacial score (nSPS) is 10.8. The first-order valence-corrected chi connectivity index (χ1v) is 7.27. The fourth-order valence-corrected chi connectivity index (χ4v) is 3.69. The highest BCUT2D eigenvalue weighted by atomic mass is 32.2. The molecule has 7 heteroatoms. The highest BCUT2D eigenvalue weighted by Crippen LogP contribution is 2.39. The lowest BCUT2D eigenvalue weighted by Crippen LogP contribution is -1.80. The number of nitro groups is 1. The molecule has 20 heavy (non-hydrogen) atoms. The fraction of sp³-hybridized carbons (Fsp3) is 0. The van der Waals surface area contributed by atoms with Crippen molar-refractivity contribution in [2.75, 3.05) is 0 Å². The van der Waals surface area contributed by atoms with Gasteiger partial charge in [-0.15, -0.1) is 0 Å². The van der Waals surface area contributed by atoms with E-state index in [1.165, 1.54) is 18.0 Å². The molecule has 100 valence electrons. The third-order valence-electron chi connectivity index (χ3n) is 2.71. The van der Waals surface area contributed by atoms with Crippen molar-refractivity contribution in [3.63, 3.8) is 0 Å². The van der Waals surface area contributed by atoms with Crippen molar-refractivity contribution < 1.29 is 10.0 Å². The molecule has 0 aliphatic carbocycles. The molecule has 0 saturated heterocycles. The quantitative estimate of drug-likeness (QED) is 0.583. The molecule has 0 unspecified atom stereocenters. The monoisotopic (exact) mass is 304 g/mol. The Kier molecular flexibility index (Phi) is 3.29. The number of aromatic nitrogens is 1. The van der Waals surface area contributed by atoms with Crippen LogP contribution in [0.25, 0.3) is 10.8 Å². The topological polar surface area (TPSA) is 76.3 Å². The van der Waals surface area contributed by atoms with Gasteiger partial charge < -0.3 is 5.11 Å². The van der Waals surface area contributed by atoms with Crippen LogP contribution < -0.4 is 0 Å². The van der Waals surface area contributed by atoms with Crippen molar-refractivity contribution in [2.24, 2.45) is 0 Å². The molecule has 3 rings (SSSR count). The molecule has 1 N–H and O–H groups in total. The van der Waals surface area contributed by atoms with Crippen LogP contribution in [0.2, 0.25) is 0 Å². The molecule has 0 amide bonds. The predicted molar refractivity (Wildman–Crippen MR) is 78.5 cm³/mol. The fourth-order valence-electron chi connectivity index (χ4n) is 1.82. The van der Waals surface area contributed by atoms with Gasteiger partial charge in [0.1, 0.15) is 11.9 Å². The van der Waals surface area contributed by atoms with Crippen LogP contribution in [0.3, 0.4) is 0 Å². The lowest BCUT2D eigenvalue weighted by atomic mass is 10.1. The maximum absolute atomic E-state index is 10.7. The minimum absolute atomic E-state index is 0.0237. The Hall–Kier alpha value is -2.12. The third-order valence-corrected chi connectivity index (χ3v) is 4.81. The maximum Gasteiger partial charge on any atom is 0.344 e. The van der Waals surface area contributed by atoms with Crippen LogP contribution in [0.4, 0.5) is 5.00 Å². The SMILES string of the molecule is O=[N+]([O-])c1cnc(Sc2ccc(O)c3ccccc23)s1. The van der Waals surface area contributed by atoms with E-state index in [9.17, 15) is 15.2 Å². The van der Waals surface area contributed by atoms with E-state index in [1.54, 1.807) is 12.1 Å². The van der Waals surface area contributed by atoms with E-state index < -0.39 is 4.92 Å². The Morgan fingerprint density at radius 1 is 1.20 bits per heavy atom. The third kappa shape index (κ3) is 2.33. The average molecular weight is 304 g/mol. The molecular weight excluding hydrogens is 296 g/mol. The van der Waals surface area contributed by atoms with Gasteiger partial charge in [-0.1, -0.05) is 36.0 Å². The molecule has 0 saturated carbocycles. The van der Waals surface area contributed by atoms with Crippen molar-refractivity contribution in [3.05, 3.63) is 52.7 Å². The number of phenolic OH excluding ortho intramolecular Hbond substituents is 1. The van der Waals surface area contributed by atoms with Gasteiger partial charge in [0.15, 0.2) is 4.34 Å². The summed E-state index contributed by atoms with van der Waals surface area (Å²) in [6.45, 7) is 0. The van der Waals surface area contributed by atoms with Gasteiger partial charge in [-0.25, -0.2) is 4.98 Å². The Labute approximate surface area is 122 Å². The minimum atomic E-state index is -0.448. The predicted octanol–water partition coefficient (Wildman–Crippen LogP) is 4.06. The van der Waals surface area contributed by atoms with E-state index >= 15 is 0 Å². The van der Waals surface area contributed by atoms with Gasteiger partial charge in [0.05, 0.1) is 4.92 Å². The second-order valence-electron chi connectivity index (χ2n) is 3.95. The number of benzene rings is 2. The van der Waals surface area contributed by atoms with Crippen LogP contribution in [0.15, 0.2) is 51.8 Å². The first-order chi connectivity index (χ1) is 9.65. The van der Waals surface area contributed by atoms with E-state index in [0.717, 1.165) is 27.0 Å². The molecule has 1 aromatic heterocycles. The second-order valence-corrected chi connectivity index (χ2v) is 6.25. The maximum atomic E-state index is 10.7. The molecule has 0 bridgehead atoms. The molecule has 3 aromatic rings. The van der Waals surface area contributed by atoms with Gasteiger partial charge in [0.25, 0.3) is 0 Å². The number of rotatable bonds is 3. The highest BCUT2D eigenvalue weighted by Gasteiger charge is 2.14. The molecule has 0 radical (unpaired) electrons. The van der Waals surface area contributed by atoms with Gasteiger partial charge in [-0.2, -0.15) is 0 Å². The number of phenols is 1. The number of thiazole rings is 1. The number of hydrogen-bond donors (Lipinski definition) is 1. The van der Waals surface area contributed by atoms with Crippen LogP contribution >= 0.6 is 23.1 Å². The number of aromatic hydroxyl groups is 1. The molecule has 0 aliphatic heterocycles. The summed E-state index contributed by atoms with van der Waals surface area (Å²) in [4.78, 5) is 15.2. The second kappa shape index (κ2) is 5.10. The van der Waals surface area contributed by atoms with Gasteiger partial charge >= 0.3 is 5.00 Å². The van der Waals surface area contributed by atoms with Gasteiger partial charge in [0, 0.05) is 10.3 Å². The van der Waals surface area contributed by atoms with E-state index in [-0.39, 0.29) is 10.8 Å². The molecule has 5 nitrogen and oxygen atoms in total. The molecule has 2 aromatic carbocycles. The van der Waals surface area contributed by atoms with Crippen molar-refractivity contribution in [2.45, 2.75) is 9.24 Å². The number of fused-ring (bicyclic) bond motifs is 1. The lowest BCUT2D eigenvalue weighted by Gasteiger charge is -2.05. The largest absolute Gasteiger partial charge is 0.507 e. The van der Waals surface area contributed by atoms with Gasteiger partial charge in [-0.3, -0.25) is 10.1 Å². The van der Waals surface area contributed by atoms with E-state index in [4.69, 9.17) is 0 Å². The molecule has 1 heterocycles. The Balaban J connectivity index is 2.02. The van der Waals surface area contributed by atoms with Crippen LogP contribution in [-0.4, -0.2) is 15.0 Å². The summed E-state index contributed by atoms with van der Waals surface area (Å²) in [5.74, 6) is 0.218. The highest BCUT2D eigenvalue weighted by molar-refractivity contribution is 8.01. The molecule has 0 aliphatic rings. The summed E-state index contributed by atoms with van der Waals surface area (Å²) in [7, 11) is 0. The van der Waals surface area contributed by atoms with Crippen molar-refractivity contribution in [1.82, 2.24) is 4.98 Å². The van der Waals surface area contributed by atoms with Crippen molar-refractivity contribution in [3.8, 4) is 5.75 Å². The smallest absolute Gasteiger partial charge is 0.344 e. The molecular formula is C13H8N2O3S2. The van der Waals surface area contributed by atoms with Crippen LogP contribution in [0.1, 0.15) is 0 Å². The molecule has 0 atom stereocenters. The minimum Gasteiger partial charge on any atom is -0.507 e. The summed E-state index contributed by atoms with van der Waals surface area (Å²) in [5, 5.41) is 22.2. The van der Waals surface area contributed by atoms with Crippen LogP contribution in [0, 0.1) is 10.1 Å². The zero-order chi connectivity index (χ0) is 14.1. The summed E-state index contributed by atoms with van der Waals surface area (Å²) in [6.07, 6.45) is 1.26. The van der Waals surface area contributed by atoms with E-state index in [1.807, 2.05) is 24.3 Å². The summed E-state index contributed by atoms with van der Waals surface area (Å²) >= 11 is 2.39. The van der Waals surface area contributed by atoms with Crippen LogP contribution in [-0.2, 0) is 0 Å². The summed E-state index contributed by atoms with van der Waals surface area (Å²) in [6, 6.07) is 10.9. The zero-order valence-electron chi connectivity index (χ0n) is 10.0. The van der Waals surface area contributed by atoms with Crippen molar-refractivity contribution >= 4 is 38.9 Å². The standard InChI is InChI=1S/C13H8N2O3S2/c16-10-5-6-11(9-4-2-1-3-8(9)10)19-13-14-7-12(20-13)15(17)18/h1-7,16H. The molecule has 0 fully saturated rings. The Morgan fingerprint density at radius 3 is 2.65 bits per heavy atom. The van der Waals surface area contributed by atoms with Crippen molar-refractivity contribution in [1.29, 1.82) is 0 Å². The summed E-state index contributed by atoms with van der Waals surface area (Å²) in [5.41, 5.74) is 0. The first kappa shape index (κ1) is 12.9. The van der Waals surface area contributed by atoms with E-state index in [0.29, 0.717) is 4.34 Å². The van der Waals surface area contributed by atoms with Gasteiger partial charge in [-0.05, 0) is 28.9 Å². The lowest BCUT2D eigenvalue weighted by molar-refractivity contribution is -0.380. The first-order valence-electron chi connectivity index (χ1n) is 5.64. The number of hydrogen-bond acceptors (Lipinski definition) is 6. The zero-order valence-corrected chi connectivity index (χ0v) is 11.6. The number of nitrogens with zero attached hydrogens (tertiary/aromatic N) is 2. The molecule has 0 spiro atoms.